The Labute approximate surface area is 160 Å². The molecule has 7 nitrogen and oxygen atoms in total. The molecule has 0 radical (unpaired) electrons. The Morgan fingerprint density at radius 2 is 2.00 bits per heavy atom. The fraction of sp³-hybridized carbons (Fsp3) is 0.0588. The second-order valence-electron chi connectivity index (χ2n) is 5.32. The first kappa shape index (κ1) is 20.7. The van der Waals surface area contributed by atoms with E-state index in [1.54, 1.807) is 0 Å². The largest absolute Gasteiger partial charge is 0.502 e. The monoisotopic (exact) mass is 411 g/mol. The summed E-state index contributed by atoms with van der Waals surface area (Å²) in [6.45, 7) is 0. The highest BCUT2D eigenvalue weighted by Gasteiger charge is 2.30. The van der Waals surface area contributed by atoms with Crippen LogP contribution >= 0.6 is 11.6 Å². The van der Waals surface area contributed by atoms with Crippen LogP contribution < -0.4 is 5.32 Å². The smallest absolute Gasteiger partial charge is 0.416 e. The summed E-state index contributed by atoms with van der Waals surface area (Å²) in [5.74, 6) is -1.90. The van der Waals surface area contributed by atoms with Crippen molar-refractivity contribution < 1.29 is 28.0 Å². The van der Waals surface area contributed by atoms with Gasteiger partial charge in [0, 0.05) is 22.3 Å². The number of anilines is 1. The van der Waals surface area contributed by atoms with E-state index in [1.807, 2.05) is 0 Å². The second-order valence-corrected chi connectivity index (χ2v) is 5.76. The van der Waals surface area contributed by atoms with Gasteiger partial charge in [-0.15, -0.1) is 0 Å². The number of amides is 1. The van der Waals surface area contributed by atoms with Gasteiger partial charge in [0.15, 0.2) is 0 Å². The molecule has 0 atom stereocenters. The standard InChI is InChI=1S/C17H9ClF3N3O4/c18-12-5-9(15(25)14(7-12)24(27)28)4-10(8-22)16(26)23-13-3-1-2-11(6-13)17(19,20)21/h1-7,25H,(H,23,26)/b10-4-. The van der Waals surface area contributed by atoms with E-state index in [0.29, 0.717) is 6.07 Å². The molecule has 11 heteroatoms. The highest BCUT2D eigenvalue weighted by Crippen LogP contribution is 2.35. The number of alkyl halides is 3. The van der Waals surface area contributed by atoms with Gasteiger partial charge in [0.05, 0.1) is 10.5 Å². The molecule has 0 spiro atoms. The zero-order valence-electron chi connectivity index (χ0n) is 13.6. The van der Waals surface area contributed by atoms with Crippen LogP contribution in [0.3, 0.4) is 0 Å². The van der Waals surface area contributed by atoms with Gasteiger partial charge in [-0.2, -0.15) is 18.4 Å². The lowest BCUT2D eigenvalue weighted by atomic mass is 10.1. The Hall–Kier alpha value is -3.58. The Morgan fingerprint density at radius 1 is 1.32 bits per heavy atom. The summed E-state index contributed by atoms with van der Waals surface area (Å²) in [7, 11) is 0. The molecule has 0 fully saturated rings. The van der Waals surface area contributed by atoms with Crippen molar-refractivity contribution in [3.05, 3.63) is 68.2 Å². The summed E-state index contributed by atoms with van der Waals surface area (Å²) < 4.78 is 38.2. The lowest BCUT2D eigenvalue weighted by molar-refractivity contribution is -0.385. The van der Waals surface area contributed by atoms with Crippen molar-refractivity contribution in [2.24, 2.45) is 0 Å². The molecule has 0 aliphatic heterocycles. The van der Waals surface area contributed by atoms with Crippen molar-refractivity contribution in [2.75, 3.05) is 5.32 Å². The highest BCUT2D eigenvalue weighted by molar-refractivity contribution is 6.31. The van der Waals surface area contributed by atoms with Gasteiger partial charge in [0.1, 0.15) is 11.6 Å². The molecule has 0 bridgehead atoms. The van der Waals surface area contributed by atoms with Gasteiger partial charge < -0.3 is 10.4 Å². The van der Waals surface area contributed by atoms with Crippen LogP contribution in [0.5, 0.6) is 5.75 Å². The Balaban J connectivity index is 2.38. The van der Waals surface area contributed by atoms with Gasteiger partial charge in [-0.25, -0.2) is 0 Å². The number of hydrogen-bond acceptors (Lipinski definition) is 5. The van der Waals surface area contributed by atoms with Crippen molar-refractivity contribution in [1.29, 1.82) is 5.26 Å². The fourth-order valence-electron chi connectivity index (χ4n) is 2.13. The first-order chi connectivity index (χ1) is 13.0. The lowest BCUT2D eigenvalue weighted by Gasteiger charge is -2.09. The minimum absolute atomic E-state index is 0.133. The van der Waals surface area contributed by atoms with Gasteiger partial charge in [0.2, 0.25) is 5.75 Å². The molecule has 0 saturated heterocycles. The second kappa shape index (κ2) is 7.98. The first-order valence-corrected chi connectivity index (χ1v) is 7.68. The van der Waals surface area contributed by atoms with Gasteiger partial charge in [-0.05, 0) is 30.3 Å². The number of hydrogen-bond donors (Lipinski definition) is 2. The first-order valence-electron chi connectivity index (χ1n) is 7.30. The molecule has 144 valence electrons. The van der Waals surface area contributed by atoms with Crippen molar-refractivity contribution in [1.82, 2.24) is 0 Å². The molecular weight excluding hydrogens is 403 g/mol. The maximum atomic E-state index is 12.7. The molecule has 0 unspecified atom stereocenters. The molecule has 0 aliphatic rings. The van der Waals surface area contributed by atoms with Gasteiger partial charge in [0.25, 0.3) is 5.91 Å². The lowest BCUT2D eigenvalue weighted by Crippen LogP contribution is -2.14. The number of carbonyl (C=O) groups is 1. The van der Waals surface area contributed by atoms with Crippen LogP contribution in [0.15, 0.2) is 42.0 Å². The van der Waals surface area contributed by atoms with Crippen molar-refractivity contribution in [3.63, 3.8) is 0 Å². The molecular formula is C17H9ClF3N3O4. The zero-order chi connectivity index (χ0) is 21.1. The number of nitro benzene ring substituents is 1. The van der Waals surface area contributed by atoms with E-state index in [9.17, 15) is 33.2 Å². The van der Waals surface area contributed by atoms with Gasteiger partial charge in [-0.3, -0.25) is 14.9 Å². The number of nitriles is 1. The number of phenolic OH excluding ortho intramolecular Hbond substituents is 1. The number of nitrogens with one attached hydrogen (secondary N) is 1. The van der Waals surface area contributed by atoms with Gasteiger partial charge in [-0.1, -0.05) is 17.7 Å². The minimum Gasteiger partial charge on any atom is -0.502 e. The zero-order valence-corrected chi connectivity index (χ0v) is 14.4. The van der Waals surface area contributed by atoms with Crippen molar-refractivity contribution >= 4 is 35.0 Å². The van der Waals surface area contributed by atoms with Crippen LogP contribution in [0.4, 0.5) is 24.5 Å². The fourth-order valence-corrected chi connectivity index (χ4v) is 2.35. The number of aromatic hydroxyl groups is 1. The summed E-state index contributed by atoms with van der Waals surface area (Å²) in [5, 5.41) is 32.0. The average molecular weight is 412 g/mol. The van der Waals surface area contributed by atoms with E-state index in [-0.39, 0.29) is 16.3 Å². The third-order valence-corrected chi connectivity index (χ3v) is 3.61. The third-order valence-electron chi connectivity index (χ3n) is 3.39. The maximum absolute atomic E-state index is 12.7. The van der Waals surface area contributed by atoms with Crippen LogP contribution in [0, 0.1) is 21.4 Å². The van der Waals surface area contributed by atoms with E-state index < -0.39 is 39.6 Å². The number of carbonyl (C=O) groups excluding carboxylic acids is 1. The highest BCUT2D eigenvalue weighted by atomic mass is 35.5. The maximum Gasteiger partial charge on any atom is 0.416 e. The van der Waals surface area contributed by atoms with Crippen LogP contribution in [0.2, 0.25) is 5.02 Å². The molecule has 2 aromatic rings. The summed E-state index contributed by atoms with van der Waals surface area (Å²) in [5.41, 5.74) is -2.87. The summed E-state index contributed by atoms with van der Waals surface area (Å²) in [6.07, 6.45) is -3.79. The molecule has 0 aromatic heterocycles. The predicted octanol–water partition coefficient (Wildman–Crippen LogP) is 4.52. The molecule has 0 heterocycles. The number of halogens is 4. The number of rotatable bonds is 4. The molecule has 1 amide bonds. The van der Waals surface area contributed by atoms with Crippen LogP contribution in [0.1, 0.15) is 11.1 Å². The molecule has 2 rings (SSSR count). The van der Waals surface area contributed by atoms with E-state index in [0.717, 1.165) is 30.3 Å². The normalized spacial score (nSPS) is 11.6. The number of nitro groups is 1. The number of phenols is 1. The SMILES string of the molecule is N#C/C(=C/c1cc(Cl)cc([N+](=O)[O-])c1O)C(=O)Nc1cccc(C(F)(F)F)c1. The Bertz CT molecular complexity index is 1030. The Morgan fingerprint density at radius 3 is 2.57 bits per heavy atom. The van der Waals surface area contributed by atoms with E-state index in [4.69, 9.17) is 16.9 Å². The van der Waals surface area contributed by atoms with Crippen LogP contribution in [-0.4, -0.2) is 15.9 Å². The number of benzene rings is 2. The summed E-state index contributed by atoms with van der Waals surface area (Å²) in [6, 6.07) is 7.21. The minimum atomic E-state index is -4.62. The summed E-state index contributed by atoms with van der Waals surface area (Å²) in [4.78, 5) is 22.2. The van der Waals surface area contributed by atoms with E-state index in [2.05, 4.69) is 5.32 Å². The van der Waals surface area contributed by atoms with Crippen LogP contribution in [0.25, 0.3) is 6.08 Å². The van der Waals surface area contributed by atoms with Crippen LogP contribution in [-0.2, 0) is 11.0 Å². The third kappa shape index (κ3) is 4.77. The number of nitrogens with zero attached hydrogens (tertiary/aromatic N) is 2. The average Bonchev–Trinajstić information content (AvgIpc) is 2.61. The quantitative estimate of drug-likeness (QED) is 0.332. The van der Waals surface area contributed by atoms with Crippen molar-refractivity contribution in [3.8, 4) is 11.8 Å². The summed E-state index contributed by atoms with van der Waals surface area (Å²) >= 11 is 5.73. The molecule has 0 aliphatic carbocycles. The topological polar surface area (TPSA) is 116 Å². The van der Waals surface area contributed by atoms with Gasteiger partial charge >= 0.3 is 11.9 Å². The predicted molar refractivity (Wildman–Crippen MR) is 93.4 cm³/mol. The molecule has 2 aromatic carbocycles. The molecule has 0 saturated carbocycles. The van der Waals surface area contributed by atoms with E-state index >= 15 is 0 Å². The van der Waals surface area contributed by atoms with Crippen molar-refractivity contribution in [2.45, 2.75) is 6.18 Å². The molecule has 28 heavy (non-hydrogen) atoms. The molecule has 2 N–H and O–H groups in total. The Kier molecular flexibility index (Phi) is 5.90. The van der Waals surface area contributed by atoms with E-state index in [1.165, 1.54) is 12.1 Å².